The van der Waals surface area contributed by atoms with Crippen LogP contribution in [-0.4, -0.2) is 0 Å². The predicted octanol–water partition coefficient (Wildman–Crippen LogP) is 16.4. The van der Waals surface area contributed by atoms with Gasteiger partial charge in [-0.1, -0.05) is 146 Å². The molecule has 12 rings (SSSR count). The third-order valence-corrected chi connectivity index (χ3v) is 12.7. The van der Waals surface area contributed by atoms with Crippen LogP contribution >= 0.6 is 11.3 Å². The van der Waals surface area contributed by atoms with Gasteiger partial charge in [-0.3, -0.25) is 0 Å². The summed E-state index contributed by atoms with van der Waals surface area (Å²) >= 11 is 1.86. The Morgan fingerprint density at radius 2 is 0.810 bits per heavy atom. The monoisotopic (exact) mass is 758 g/mol. The van der Waals surface area contributed by atoms with E-state index in [1.165, 1.54) is 30.9 Å². The minimum absolute atomic E-state index is 0.880. The standard InChI is InChI=1S/C54H34N2OS/c1-4-19-36(20-5-1)55(37-21-6-2-7-22-37)48-32-35-18-10-11-25-39(35)54-52(48)45-33-46(41-27-13-15-29-43(41)53(45)57-54)56(38-23-8-3-9-24-38)47-34-50-51(42-28-14-12-26-40(42)47)44-30-16-17-31-49(44)58-50/h1-34H. The molecule has 272 valence electrons. The van der Waals surface area contributed by atoms with Crippen molar-refractivity contribution in [2.75, 3.05) is 9.80 Å². The molecule has 0 atom stereocenters. The van der Waals surface area contributed by atoms with Gasteiger partial charge in [-0.2, -0.15) is 0 Å². The molecule has 12 aromatic rings. The van der Waals surface area contributed by atoms with E-state index in [0.29, 0.717) is 0 Å². The van der Waals surface area contributed by atoms with E-state index in [4.69, 9.17) is 4.42 Å². The van der Waals surface area contributed by atoms with Crippen LogP contribution in [0.2, 0.25) is 0 Å². The topological polar surface area (TPSA) is 19.6 Å². The van der Waals surface area contributed by atoms with E-state index < -0.39 is 0 Å². The van der Waals surface area contributed by atoms with E-state index in [1.807, 2.05) is 11.3 Å². The van der Waals surface area contributed by atoms with Gasteiger partial charge in [-0.15, -0.1) is 11.3 Å². The Morgan fingerprint density at radius 1 is 0.310 bits per heavy atom. The van der Waals surface area contributed by atoms with Crippen molar-refractivity contribution in [3.8, 4) is 0 Å². The van der Waals surface area contributed by atoms with Crippen LogP contribution in [0, 0.1) is 0 Å². The summed E-state index contributed by atoms with van der Waals surface area (Å²) in [6.45, 7) is 0. The van der Waals surface area contributed by atoms with Crippen LogP contribution in [0.3, 0.4) is 0 Å². The van der Waals surface area contributed by atoms with Crippen LogP contribution in [0.4, 0.5) is 34.1 Å². The summed E-state index contributed by atoms with van der Waals surface area (Å²) in [4.78, 5) is 4.84. The summed E-state index contributed by atoms with van der Waals surface area (Å²) in [5, 5.41) is 11.6. The van der Waals surface area contributed by atoms with Crippen molar-refractivity contribution in [1.82, 2.24) is 0 Å². The molecule has 0 spiro atoms. The number of hydrogen-bond acceptors (Lipinski definition) is 4. The first-order valence-electron chi connectivity index (χ1n) is 19.7. The smallest absolute Gasteiger partial charge is 0.145 e. The fourth-order valence-corrected chi connectivity index (χ4v) is 10.2. The van der Waals surface area contributed by atoms with E-state index in [9.17, 15) is 0 Å². The lowest BCUT2D eigenvalue weighted by molar-refractivity contribution is 0.676. The van der Waals surface area contributed by atoms with Gasteiger partial charge >= 0.3 is 0 Å². The molecular formula is C54H34N2OS. The van der Waals surface area contributed by atoms with E-state index >= 15 is 0 Å². The summed E-state index contributed by atoms with van der Waals surface area (Å²) in [6.07, 6.45) is 0. The molecule has 2 heterocycles. The lowest BCUT2D eigenvalue weighted by atomic mass is 9.97. The number of hydrogen-bond donors (Lipinski definition) is 0. The molecule has 0 saturated carbocycles. The van der Waals surface area contributed by atoms with Crippen LogP contribution in [0.25, 0.3) is 74.4 Å². The number of para-hydroxylation sites is 3. The number of anilines is 6. The second-order valence-electron chi connectivity index (χ2n) is 14.8. The summed E-state index contributed by atoms with van der Waals surface area (Å²) < 4.78 is 9.77. The molecule has 0 radical (unpaired) electrons. The normalized spacial score (nSPS) is 11.8. The van der Waals surface area contributed by atoms with Crippen molar-refractivity contribution in [2.24, 2.45) is 0 Å². The summed E-state index contributed by atoms with van der Waals surface area (Å²) in [6, 6.07) is 74.3. The number of rotatable bonds is 6. The quantitative estimate of drug-likeness (QED) is 0.168. The highest BCUT2D eigenvalue weighted by Gasteiger charge is 2.26. The molecule has 0 N–H and O–H groups in total. The number of benzene rings is 10. The molecule has 4 heteroatoms. The van der Waals surface area contributed by atoms with Crippen molar-refractivity contribution in [3.63, 3.8) is 0 Å². The molecule has 0 unspecified atom stereocenters. The second kappa shape index (κ2) is 13.1. The van der Waals surface area contributed by atoms with Crippen molar-refractivity contribution in [1.29, 1.82) is 0 Å². The molecule has 10 aromatic carbocycles. The third-order valence-electron chi connectivity index (χ3n) is 11.6. The zero-order valence-corrected chi connectivity index (χ0v) is 32.2. The summed E-state index contributed by atoms with van der Waals surface area (Å²) in [7, 11) is 0. The molecule has 0 bridgehead atoms. The maximum Gasteiger partial charge on any atom is 0.145 e. The number of fused-ring (bicyclic) bond motifs is 12. The number of furan rings is 1. The number of nitrogens with zero attached hydrogens (tertiary/aromatic N) is 2. The van der Waals surface area contributed by atoms with Crippen LogP contribution in [-0.2, 0) is 0 Å². The highest BCUT2D eigenvalue weighted by Crippen LogP contribution is 2.52. The molecule has 58 heavy (non-hydrogen) atoms. The largest absolute Gasteiger partial charge is 0.455 e. The first-order chi connectivity index (χ1) is 28.8. The van der Waals surface area contributed by atoms with Gasteiger partial charge in [0.15, 0.2) is 0 Å². The van der Waals surface area contributed by atoms with Gasteiger partial charge in [-0.05, 0) is 71.4 Å². The van der Waals surface area contributed by atoms with E-state index in [0.717, 1.165) is 77.6 Å². The van der Waals surface area contributed by atoms with Gasteiger partial charge in [0.25, 0.3) is 0 Å². The first-order valence-corrected chi connectivity index (χ1v) is 20.5. The van der Waals surface area contributed by atoms with E-state index in [1.54, 1.807) is 0 Å². The van der Waals surface area contributed by atoms with Gasteiger partial charge < -0.3 is 14.2 Å². The minimum atomic E-state index is 0.880. The first kappa shape index (κ1) is 32.8. The molecule has 0 fully saturated rings. The molecule has 0 amide bonds. The minimum Gasteiger partial charge on any atom is -0.455 e. The Morgan fingerprint density at radius 3 is 1.48 bits per heavy atom. The third kappa shape index (κ3) is 4.99. The Balaban J connectivity index is 1.24. The highest BCUT2D eigenvalue weighted by molar-refractivity contribution is 7.26. The Labute approximate surface area is 338 Å². The Bertz CT molecular complexity index is 3480. The molecule has 0 aliphatic heterocycles. The average Bonchev–Trinajstić information content (AvgIpc) is 3.87. The van der Waals surface area contributed by atoms with Crippen LogP contribution in [0.15, 0.2) is 211 Å². The van der Waals surface area contributed by atoms with E-state index in [2.05, 4.69) is 216 Å². The van der Waals surface area contributed by atoms with Crippen molar-refractivity contribution < 1.29 is 4.42 Å². The molecular weight excluding hydrogens is 725 g/mol. The molecule has 0 aliphatic carbocycles. The van der Waals surface area contributed by atoms with Gasteiger partial charge in [-0.25, -0.2) is 0 Å². The van der Waals surface area contributed by atoms with Gasteiger partial charge in [0.2, 0.25) is 0 Å². The zero-order chi connectivity index (χ0) is 38.2. The maximum atomic E-state index is 7.21. The lowest BCUT2D eigenvalue weighted by Gasteiger charge is -2.29. The van der Waals surface area contributed by atoms with Gasteiger partial charge in [0.1, 0.15) is 11.2 Å². The molecule has 0 saturated heterocycles. The van der Waals surface area contributed by atoms with Crippen LogP contribution < -0.4 is 9.80 Å². The molecule has 3 nitrogen and oxygen atoms in total. The van der Waals surface area contributed by atoms with Gasteiger partial charge in [0.05, 0.1) is 22.4 Å². The Hall–Kier alpha value is -7.40. The van der Waals surface area contributed by atoms with Crippen molar-refractivity contribution in [3.05, 3.63) is 206 Å². The average molecular weight is 759 g/mol. The fraction of sp³-hybridized carbons (Fsp3) is 0. The molecule has 2 aromatic heterocycles. The van der Waals surface area contributed by atoms with E-state index in [-0.39, 0.29) is 0 Å². The summed E-state index contributed by atoms with van der Waals surface area (Å²) in [5.41, 5.74) is 8.30. The lowest BCUT2D eigenvalue weighted by Crippen LogP contribution is -2.11. The van der Waals surface area contributed by atoms with Crippen LogP contribution in [0.5, 0.6) is 0 Å². The van der Waals surface area contributed by atoms with Crippen molar-refractivity contribution >= 4 is 120 Å². The van der Waals surface area contributed by atoms with Crippen LogP contribution in [0.1, 0.15) is 0 Å². The summed E-state index contributed by atoms with van der Waals surface area (Å²) in [5.74, 6) is 0. The second-order valence-corrected chi connectivity index (χ2v) is 15.9. The van der Waals surface area contributed by atoms with Gasteiger partial charge in [0, 0.05) is 64.2 Å². The molecule has 0 aliphatic rings. The highest BCUT2D eigenvalue weighted by atomic mass is 32.1. The predicted molar refractivity (Wildman–Crippen MR) is 248 cm³/mol. The SMILES string of the molecule is c1ccc(N(c2cc3c(oc4c5ccccc5cc(N(c5ccccc5)c5ccccc5)c34)c3ccccc23)c2cc3sc4ccccc4c3c3ccccc23)cc1. The van der Waals surface area contributed by atoms with Crippen molar-refractivity contribution in [2.45, 2.75) is 0 Å². The zero-order valence-electron chi connectivity index (χ0n) is 31.3. The fourth-order valence-electron chi connectivity index (χ4n) is 9.08. The number of thiophene rings is 1. The Kier molecular flexibility index (Phi) is 7.40. The maximum absolute atomic E-state index is 7.21.